The van der Waals surface area contributed by atoms with Gasteiger partial charge in [0.25, 0.3) is 0 Å². The standard InChI is InChI=1S/C6H10N2.C5H5N/c1-7(2)8-5-3-4-6-8;1-2-4-6-5-3-1/h3-6H,1-2H3;1-5H. The Morgan fingerprint density at radius 2 is 1.43 bits per heavy atom. The van der Waals surface area contributed by atoms with E-state index in [-0.39, 0.29) is 0 Å². The van der Waals surface area contributed by atoms with E-state index >= 15 is 0 Å². The number of rotatable bonds is 1. The molecule has 0 saturated heterocycles. The zero-order valence-electron chi connectivity index (χ0n) is 8.54. The van der Waals surface area contributed by atoms with Gasteiger partial charge in [0, 0.05) is 38.9 Å². The van der Waals surface area contributed by atoms with E-state index in [0.29, 0.717) is 0 Å². The molecule has 0 aliphatic heterocycles. The predicted molar refractivity (Wildman–Crippen MR) is 58.7 cm³/mol. The molecule has 2 aromatic heterocycles. The van der Waals surface area contributed by atoms with Gasteiger partial charge in [-0.15, -0.1) is 0 Å². The molecule has 0 bridgehead atoms. The third-order valence-electron chi connectivity index (χ3n) is 1.62. The lowest BCUT2D eigenvalue weighted by Crippen LogP contribution is -2.22. The largest absolute Gasteiger partial charge is 0.319 e. The molecule has 3 nitrogen and oxygen atoms in total. The van der Waals surface area contributed by atoms with Crippen molar-refractivity contribution in [1.29, 1.82) is 0 Å². The Hall–Kier alpha value is -1.77. The molecule has 0 atom stereocenters. The third-order valence-corrected chi connectivity index (χ3v) is 1.62. The van der Waals surface area contributed by atoms with Gasteiger partial charge in [-0.25, -0.2) is 0 Å². The smallest absolute Gasteiger partial charge is 0.0267 e. The van der Waals surface area contributed by atoms with Crippen LogP contribution >= 0.6 is 0 Å². The van der Waals surface area contributed by atoms with E-state index in [1.807, 2.05) is 66.5 Å². The van der Waals surface area contributed by atoms with E-state index in [4.69, 9.17) is 0 Å². The second kappa shape index (κ2) is 5.80. The van der Waals surface area contributed by atoms with E-state index in [2.05, 4.69) is 4.98 Å². The second-order valence-corrected chi connectivity index (χ2v) is 2.93. The first-order valence-corrected chi connectivity index (χ1v) is 4.46. The Morgan fingerprint density at radius 3 is 1.64 bits per heavy atom. The minimum Gasteiger partial charge on any atom is -0.319 e. The topological polar surface area (TPSA) is 21.1 Å². The molecule has 2 rings (SSSR count). The minimum atomic E-state index is 1.75. The molecule has 0 aliphatic carbocycles. The first-order chi connectivity index (χ1) is 6.80. The van der Waals surface area contributed by atoms with Gasteiger partial charge in [-0.1, -0.05) is 6.07 Å². The molecule has 0 amide bonds. The van der Waals surface area contributed by atoms with Crippen LogP contribution in [-0.2, 0) is 0 Å². The number of aromatic nitrogens is 2. The van der Waals surface area contributed by atoms with E-state index in [0.717, 1.165) is 0 Å². The van der Waals surface area contributed by atoms with Crippen LogP contribution in [0.15, 0.2) is 55.1 Å². The predicted octanol–water partition coefficient (Wildman–Crippen LogP) is 1.77. The highest BCUT2D eigenvalue weighted by atomic mass is 15.5. The van der Waals surface area contributed by atoms with Gasteiger partial charge in [-0.05, 0) is 24.3 Å². The van der Waals surface area contributed by atoms with Crippen LogP contribution in [0.1, 0.15) is 0 Å². The van der Waals surface area contributed by atoms with Crippen molar-refractivity contribution < 1.29 is 0 Å². The summed E-state index contributed by atoms with van der Waals surface area (Å²) in [7, 11) is 4.00. The van der Waals surface area contributed by atoms with Gasteiger partial charge >= 0.3 is 0 Å². The summed E-state index contributed by atoms with van der Waals surface area (Å²) in [5, 5.41) is 2.00. The molecule has 0 spiro atoms. The third kappa shape index (κ3) is 3.76. The van der Waals surface area contributed by atoms with Crippen molar-refractivity contribution in [2.75, 3.05) is 19.1 Å². The van der Waals surface area contributed by atoms with Crippen LogP contribution in [0.5, 0.6) is 0 Å². The first-order valence-electron chi connectivity index (χ1n) is 4.46. The molecule has 2 heterocycles. The van der Waals surface area contributed by atoms with Crippen LogP contribution in [0.4, 0.5) is 0 Å². The highest BCUT2D eigenvalue weighted by molar-refractivity contribution is 4.93. The van der Waals surface area contributed by atoms with E-state index in [1.165, 1.54) is 0 Å². The molecule has 0 radical (unpaired) electrons. The van der Waals surface area contributed by atoms with E-state index in [9.17, 15) is 0 Å². The van der Waals surface area contributed by atoms with Crippen molar-refractivity contribution in [3.8, 4) is 0 Å². The number of hydrogen-bond acceptors (Lipinski definition) is 2. The van der Waals surface area contributed by atoms with Crippen LogP contribution in [0.3, 0.4) is 0 Å². The van der Waals surface area contributed by atoms with Crippen molar-refractivity contribution in [3.05, 3.63) is 55.1 Å². The van der Waals surface area contributed by atoms with Crippen LogP contribution in [0.2, 0.25) is 0 Å². The fourth-order valence-electron chi connectivity index (χ4n) is 0.905. The van der Waals surface area contributed by atoms with Gasteiger partial charge in [0.2, 0.25) is 0 Å². The quantitative estimate of drug-likeness (QED) is 0.681. The molecule has 0 aliphatic rings. The molecule has 2 aromatic rings. The average molecular weight is 189 g/mol. The van der Waals surface area contributed by atoms with Gasteiger partial charge in [0.15, 0.2) is 0 Å². The summed E-state index contributed by atoms with van der Waals surface area (Å²) in [6, 6.07) is 9.72. The number of pyridine rings is 1. The number of nitrogens with zero attached hydrogens (tertiary/aromatic N) is 3. The Morgan fingerprint density at radius 1 is 0.857 bits per heavy atom. The summed E-state index contributed by atoms with van der Waals surface area (Å²) in [5.74, 6) is 0. The van der Waals surface area contributed by atoms with Gasteiger partial charge in [-0.3, -0.25) is 9.66 Å². The van der Waals surface area contributed by atoms with Gasteiger partial charge in [0.05, 0.1) is 0 Å². The minimum absolute atomic E-state index is 1.75. The average Bonchev–Trinajstić information content (AvgIpc) is 2.74. The highest BCUT2D eigenvalue weighted by Crippen LogP contribution is 1.86. The number of hydrogen-bond donors (Lipinski definition) is 0. The maximum absolute atomic E-state index is 3.78. The van der Waals surface area contributed by atoms with E-state index < -0.39 is 0 Å². The molecular weight excluding hydrogens is 174 g/mol. The summed E-state index contributed by atoms with van der Waals surface area (Å²) in [6.45, 7) is 0. The van der Waals surface area contributed by atoms with Gasteiger partial charge in [-0.2, -0.15) is 0 Å². The molecule has 0 saturated carbocycles. The van der Waals surface area contributed by atoms with Crippen LogP contribution < -0.4 is 5.01 Å². The summed E-state index contributed by atoms with van der Waals surface area (Å²) >= 11 is 0. The van der Waals surface area contributed by atoms with E-state index in [1.54, 1.807) is 12.4 Å². The summed E-state index contributed by atoms with van der Waals surface area (Å²) in [5.41, 5.74) is 0. The van der Waals surface area contributed by atoms with Crippen molar-refractivity contribution in [1.82, 2.24) is 9.66 Å². The molecule has 0 fully saturated rings. The van der Waals surface area contributed by atoms with Crippen LogP contribution in [-0.4, -0.2) is 23.8 Å². The van der Waals surface area contributed by atoms with Crippen molar-refractivity contribution in [2.24, 2.45) is 0 Å². The van der Waals surface area contributed by atoms with Crippen molar-refractivity contribution in [2.45, 2.75) is 0 Å². The first kappa shape index (κ1) is 10.3. The zero-order chi connectivity index (χ0) is 10.2. The molecular formula is C11H15N3. The summed E-state index contributed by atoms with van der Waals surface area (Å²) < 4.78 is 2.00. The molecule has 3 heteroatoms. The highest BCUT2D eigenvalue weighted by Gasteiger charge is 1.83. The summed E-state index contributed by atoms with van der Waals surface area (Å²) in [4.78, 5) is 3.78. The van der Waals surface area contributed by atoms with Crippen LogP contribution in [0.25, 0.3) is 0 Å². The van der Waals surface area contributed by atoms with Crippen molar-refractivity contribution in [3.63, 3.8) is 0 Å². The Labute approximate surface area is 84.6 Å². The Balaban J connectivity index is 0.000000146. The lowest BCUT2D eigenvalue weighted by Gasteiger charge is -2.12. The SMILES string of the molecule is CN(C)n1cccc1.c1ccncc1. The maximum Gasteiger partial charge on any atom is 0.0267 e. The van der Waals surface area contributed by atoms with Crippen LogP contribution in [0, 0.1) is 0 Å². The zero-order valence-corrected chi connectivity index (χ0v) is 8.54. The molecule has 0 aromatic carbocycles. The lowest BCUT2D eigenvalue weighted by molar-refractivity contribution is 0.737. The second-order valence-electron chi connectivity index (χ2n) is 2.93. The molecule has 0 N–H and O–H groups in total. The normalized spacial score (nSPS) is 8.71. The molecule has 14 heavy (non-hydrogen) atoms. The monoisotopic (exact) mass is 189 g/mol. The lowest BCUT2D eigenvalue weighted by atomic mass is 10.5. The van der Waals surface area contributed by atoms with Crippen molar-refractivity contribution >= 4 is 0 Å². The van der Waals surface area contributed by atoms with Gasteiger partial charge in [0.1, 0.15) is 0 Å². The molecule has 0 unspecified atom stereocenters. The Kier molecular flexibility index (Phi) is 4.27. The Bertz CT molecular complexity index is 287. The van der Waals surface area contributed by atoms with Gasteiger partial charge < -0.3 is 5.01 Å². The fourth-order valence-corrected chi connectivity index (χ4v) is 0.905. The summed E-state index contributed by atoms with van der Waals surface area (Å²) in [6.07, 6.45) is 7.50. The maximum atomic E-state index is 3.78. The molecule has 74 valence electrons. The fraction of sp³-hybridized carbons (Fsp3) is 0.182.